The Labute approximate surface area is 104 Å². The number of nitrogens with one attached hydrogen (secondary N) is 1. The molecule has 1 aromatic rings. The van der Waals surface area contributed by atoms with Crippen LogP contribution in [0.4, 0.5) is 0 Å². The number of aliphatic hydroxyl groups is 1. The van der Waals surface area contributed by atoms with Gasteiger partial charge in [0.25, 0.3) is 0 Å². The lowest BCUT2D eigenvalue weighted by Gasteiger charge is -2.13. The van der Waals surface area contributed by atoms with E-state index in [0.717, 1.165) is 30.9 Å². The molecule has 1 fully saturated rings. The van der Waals surface area contributed by atoms with E-state index >= 15 is 0 Å². The van der Waals surface area contributed by atoms with Crippen LogP contribution in [0.3, 0.4) is 0 Å². The third-order valence-electron chi connectivity index (χ3n) is 2.66. The molecule has 5 heteroatoms. The first-order valence-corrected chi connectivity index (χ1v) is 6.71. The van der Waals surface area contributed by atoms with Crippen molar-refractivity contribution in [3.63, 3.8) is 0 Å². The Kier molecular flexibility index (Phi) is 4.61. The summed E-state index contributed by atoms with van der Waals surface area (Å²) >= 11 is 7.23. The predicted octanol–water partition coefficient (Wildman–Crippen LogP) is 2.20. The summed E-state index contributed by atoms with van der Waals surface area (Å²) in [7, 11) is 0. The molecule has 3 nitrogen and oxygen atoms in total. The van der Waals surface area contributed by atoms with Crippen LogP contribution in [0, 0.1) is 0 Å². The highest BCUT2D eigenvalue weighted by Crippen LogP contribution is 2.26. The molecule has 0 spiro atoms. The minimum atomic E-state index is -0.473. The zero-order valence-corrected chi connectivity index (χ0v) is 10.6. The average Bonchev–Trinajstić information content (AvgIpc) is 2.89. The van der Waals surface area contributed by atoms with Crippen LogP contribution in [0.2, 0.25) is 4.34 Å². The van der Waals surface area contributed by atoms with Crippen molar-refractivity contribution in [2.75, 3.05) is 19.7 Å². The Morgan fingerprint density at radius 3 is 3.12 bits per heavy atom. The Morgan fingerprint density at radius 1 is 1.62 bits per heavy atom. The van der Waals surface area contributed by atoms with Crippen molar-refractivity contribution in [2.24, 2.45) is 0 Å². The number of hydrogen-bond acceptors (Lipinski definition) is 4. The molecule has 0 aliphatic carbocycles. The second-order valence-electron chi connectivity index (χ2n) is 3.95. The number of ether oxygens (including phenoxy) is 1. The van der Waals surface area contributed by atoms with E-state index in [9.17, 15) is 5.11 Å². The maximum atomic E-state index is 9.86. The Balaban J connectivity index is 1.69. The lowest BCUT2D eigenvalue weighted by Crippen LogP contribution is -2.29. The van der Waals surface area contributed by atoms with Gasteiger partial charge in [0, 0.05) is 24.6 Å². The van der Waals surface area contributed by atoms with E-state index in [4.69, 9.17) is 16.3 Å². The van der Waals surface area contributed by atoms with E-state index in [1.165, 1.54) is 11.3 Å². The minimum Gasteiger partial charge on any atom is -0.386 e. The topological polar surface area (TPSA) is 41.5 Å². The smallest absolute Gasteiger partial charge is 0.101 e. The van der Waals surface area contributed by atoms with Crippen molar-refractivity contribution < 1.29 is 9.84 Å². The summed E-state index contributed by atoms with van der Waals surface area (Å²) in [6.45, 7) is 2.24. The Morgan fingerprint density at radius 2 is 2.50 bits per heavy atom. The maximum Gasteiger partial charge on any atom is 0.101 e. The van der Waals surface area contributed by atoms with E-state index < -0.39 is 6.10 Å². The molecule has 0 amide bonds. The number of thiophene rings is 1. The molecule has 90 valence electrons. The molecule has 1 aliphatic rings. The third-order valence-corrected chi connectivity index (χ3v) is 3.99. The summed E-state index contributed by atoms with van der Waals surface area (Å²) in [6.07, 6.45) is 2.11. The fourth-order valence-electron chi connectivity index (χ4n) is 1.79. The highest BCUT2D eigenvalue weighted by molar-refractivity contribution is 7.16. The molecular formula is C11H16ClNO2S. The lowest BCUT2D eigenvalue weighted by atomic mass is 10.2. The van der Waals surface area contributed by atoms with Gasteiger partial charge in [0.05, 0.1) is 10.4 Å². The second kappa shape index (κ2) is 5.98. The van der Waals surface area contributed by atoms with Gasteiger partial charge < -0.3 is 15.2 Å². The number of hydrogen-bond donors (Lipinski definition) is 2. The zero-order chi connectivity index (χ0) is 11.4. The highest BCUT2D eigenvalue weighted by Gasteiger charge is 2.16. The van der Waals surface area contributed by atoms with Crippen molar-refractivity contribution >= 4 is 22.9 Å². The Hall–Kier alpha value is -0.130. The van der Waals surface area contributed by atoms with Crippen LogP contribution >= 0.6 is 22.9 Å². The summed E-state index contributed by atoms with van der Waals surface area (Å²) in [5.74, 6) is 0. The second-order valence-corrected chi connectivity index (χ2v) is 5.70. The largest absolute Gasteiger partial charge is 0.386 e. The van der Waals surface area contributed by atoms with Gasteiger partial charge in [-0.05, 0) is 25.0 Å². The van der Waals surface area contributed by atoms with E-state index in [1.807, 2.05) is 12.1 Å². The highest BCUT2D eigenvalue weighted by atomic mass is 35.5. The molecule has 1 saturated heterocycles. The zero-order valence-electron chi connectivity index (χ0n) is 8.99. The fourth-order valence-corrected chi connectivity index (χ4v) is 2.84. The first-order chi connectivity index (χ1) is 7.75. The monoisotopic (exact) mass is 261 g/mol. The molecule has 0 radical (unpaired) electrons. The summed E-state index contributed by atoms with van der Waals surface area (Å²) in [5.41, 5.74) is 0. The minimum absolute atomic E-state index is 0.319. The van der Waals surface area contributed by atoms with Gasteiger partial charge in [-0.25, -0.2) is 0 Å². The third kappa shape index (κ3) is 3.43. The van der Waals surface area contributed by atoms with Gasteiger partial charge in [0.1, 0.15) is 6.10 Å². The molecular weight excluding hydrogens is 246 g/mol. The van der Waals surface area contributed by atoms with Crippen LogP contribution in [0.15, 0.2) is 12.1 Å². The molecule has 2 unspecified atom stereocenters. The van der Waals surface area contributed by atoms with Crippen molar-refractivity contribution in [1.82, 2.24) is 5.32 Å². The number of rotatable bonds is 5. The van der Waals surface area contributed by atoms with Crippen molar-refractivity contribution in [3.05, 3.63) is 21.3 Å². The molecule has 2 rings (SSSR count). The molecule has 1 aromatic heterocycles. The summed E-state index contributed by atoms with van der Waals surface area (Å²) in [5, 5.41) is 13.1. The molecule has 2 atom stereocenters. The molecule has 1 aliphatic heterocycles. The first kappa shape index (κ1) is 12.3. The normalized spacial score (nSPS) is 22.5. The van der Waals surface area contributed by atoms with E-state index in [1.54, 1.807) is 0 Å². The molecule has 2 N–H and O–H groups in total. The predicted molar refractivity (Wildman–Crippen MR) is 66.1 cm³/mol. The van der Waals surface area contributed by atoms with Gasteiger partial charge in [0.15, 0.2) is 0 Å². The van der Waals surface area contributed by atoms with E-state index in [0.29, 0.717) is 17.0 Å². The quantitative estimate of drug-likeness (QED) is 0.854. The van der Waals surface area contributed by atoms with Crippen LogP contribution in [-0.4, -0.2) is 30.9 Å². The van der Waals surface area contributed by atoms with Crippen molar-refractivity contribution in [2.45, 2.75) is 25.0 Å². The maximum absolute atomic E-state index is 9.86. The van der Waals surface area contributed by atoms with Crippen molar-refractivity contribution in [1.29, 1.82) is 0 Å². The molecule has 16 heavy (non-hydrogen) atoms. The lowest BCUT2D eigenvalue weighted by molar-refractivity contribution is 0.104. The van der Waals surface area contributed by atoms with Gasteiger partial charge in [-0.2, -0.15) is 0 Å². The van der Waals surface area contributed by atoms with Crippen LogP contribution in [0.1, 0.15) is 23.8 Å². The van der Waals surface area contributed by atoms with Crippen LogP contribution < -0.4 is 5.32 Å². The average molecular weight is 262 g/mol. The van der Waals surface area contributed by atoms with Crippen molar-refractivity contribution in [3.8, 4) is 0 Å². The van der Waals surface area contributed by atoms with Crippen LogP contribution in [0.5, 0.6) is 0 Å². The fraction of sp³-hybridized carbons (Fsp3) is 0.636. The molecule has 2 heterocycles. The van der Waals surface area contributed by atoms with Gasteiger partial charge >= 0.3 is 0 Å². The number of aliphatic hydroxyl groups excluding tert-OH is 1. The van der Waals surface area contributed by atoms with Gasteiger partial charge in [0.2, 0.25) is 0 Å². The van der Waals surface area contributed by atoms with Crippen LogP contribution in [-0.2, 0) is 4.74 Å². The summed E-state index contributed by atoms with van der Waals surface area (Å²) in [4.78, 5) is 0.907. The molecule has 0 aromatic carbocycles. The van der Waals surface area contributed by atoms with Gasteiger partial charge in [-0.1, -0.05) is 11.6 Å². The standard InChI is InChI=1S/C11H16ClNO2S/c12-11-4-3-10(16-11)9(14)7-13-6-8-2-1-5-15-8/h3-4,8-9,13-14H,1-2,5-7H2. The summed E-state index contributed by atoms with van der Waals surface area (Å²) < 4.78 is 6.20. The SMILES string of the molecule is OC(CNCC1CCCO1)c1ccc(Cl)s1. The van der Waals surface area contributed by atoms with E-state index in [2.05, 4.69) is 5.32 Å². The number of halogens is 1. The van der Waals surface area contributed by atoms with Gasteiger partial charge in [-0.3, -0.25) is 0 Å². The molecule has 0 bridgehead atoms. The molecule has 0 saturated carbocycles. The van der Waals surface area contributed by atoms with Gasteiger partial charge in [-0.15, -0.1) is 11.3 Å². The van der Waals surface area contributed by atoms with E-state index in [-0.39, 0.29) is 0 Å². The first-order valence-electron chi connectivity index (χ1n) is 5.51. The van der Waals surface area contributed by atoms with Crippen LogP contribution in [0.25, 0.3) is 0 Å². The summed E-state index contributed by atoms with van der Waals surface area (Å²) in [6, 6.07) is 3.68. The Bertz CT molecular complexity index is 326.